The molecule has 5 aliphatic carbocycles. The molecule has 0 saturated heterocycles. The molecule has 2 N–H and O–H groups in total. The Hall–Kier alpha value is -2.09. The van der Waals surface area contributed by atoms with Crippen LogP contribution in [0.3, 0.4) is 0 Å². The molecule has 0 unspecified atom stereocenters. The van der Waals surface area contributed by atoms with E-state index in [4.69, 9.17) is 0 Å². The second kappa shape index (κ2) is 7.96. The van der Waals surface area contributed by atoms with E-state index in [9.17, 15) is 25.1 Å². The van der Waals surface area contributed by atoms with Crippen molar-refractivity contribution in [3.05, 3.63) is 23.0 Å². The molecule has 9 atom stereocenters. The van der Waals surface area contributed by atoms with Gasteiger partial charge in [0.15, 0.2) is 5.78 Å². The summed E-state index contributed by atoms with van der Waals surface area (Å²) in [7, 11) is 0. The predicted octanol–water partition coefficient (Wildman–Crippen LogP) is 7.24. The molecule has 0 bridgehead atoms. The van der Waals surface area contributed by atoms with Gasteiger partial charge in [-0.3, -0.25) is 9.59 Å². The molecule has 0 heterocycles. The number of carbonyl (C=O) groups excluding carboxylic acids is 1. The first-order valence-electron chi connectivity index (χ1n) is 14.4. The Morgan fingerprint density at radius 1 is 1.08 bits per heavy atom. The van der Waals surface area contributed by atoms with Gasteiger partial charge in [0.25, 0.3) is 0 Å². The standard InChI is InChI=1S/C32H45NO4/c1-18-8-11-32(16-24(35)36)13-12-31(7)26(25(32)19(18)2)21(34)14-23-29(5)15-20(17-33)27(37)28(3,4)22(29)9-10-30(23,31)6/h14,18-19,22,25-26,37H,8-13,15-16H2,1-7H3,(H,35,36)/t18-,19+,22+,25+,26-,29+,30-,31-,32-/m1/s1. The molecule has 37 heavy (non-hydrogen) atoms. The van der Waals surface area contributed by atoms with Crippen LogP contribution >= 0.6 is 0 Å². The lowest BCUT2D eigenvalue weighted by molar-refractivity contribution is -0.184. The molecule has 0 aromatic heterocycles. The van der Waals surface area contributed by atoms with Crippen molar-refractivity contribution < 1.29 is 19.8 Å². The van der Waals surface area contributed by atoms with E-state index in [1.807, 2.05) is 19.9 Å². The Bertz CT molecular complexity index is 1160. The molecule has 0 aromatic rings. The summed E-state index contributed by atoms with van der Waals surface area (Å²) in [5, 5.41) is 30.9. The Morgan fingerprint density at radius 2 is 1.76 bits per heavy atom. The molecule has 5 rings (SSSR count). The van der Waals surface area contributed by atoms with E-state index >= 15 is 0 Å². The molecule has 5 aliphatic rings. The zero-order valence-electron chi connectivity index (χ0n) is 23.8. The van der Waals surface area contributed by atoms with Gasteiger partial charge in [-0.05, 0) is 96.4 Å². The van der Waals surface area contributed by atoms with Crippen molar-refractivity contribution in [2.75, 3.05) is 0 Å². The number of aliphatic hydroxyl groups is 1. The van der Waals surface area contributed by atoms with Gasteiger partial charge < -0.3 is 10.2 Å². The summed E-state index contributed by atoms with van der Waals surface area (Å²) < 4.78 is 0. The van der Waals surface area contributed by atoms with Crippen LogP contribution in [0.1, 0.15) is 99.8 Å². The molecule has 3 saturated carbocycles. The minimum absolute atomic E-state index is 0.0696. The summed E-state index contributed by atoms with van der Waals surface area (Å²) in [5.74, 6) is 0.455. The molecule has 0 aliphatic heterocycles. The van der Waals surface area contributed by atoms with Gasteiger partial charge in [-0.2, -0.15) is 5.26 Å². The molecule has 3 fully saturated rings. The minimum Gasteiger partial charge on any atom is -0.511 e. The number of carbonyl (C=O) groups is 2. The maximum absolute atomic E-state index is 14.4. The van der Waals surface area contributed by atoms with Crippen molar-refractivity contribution in [1.29, 1.82) is 5.26 Å². The average molecular weight is 508 g/mol. The molecule has 0 spiro atoms. The van der Waals surface area contributed by atoms with Crippen LogP contribution in [0.4, 0.5) is 0 Å². The first kappa shape index (κ1) is 26.5. The van der Waals surface area contributed by atoms with E-state index < -0.39 is 11.4 Å². The number of allylic oxidation sites excluding steroid dienone is 4. The molecule has 5 nitrogen and oxygen atoms in total. The van der Waals surface area contributed by atoms with Crippen LogP contribution in [0.25, 0.3) is 0 Å². The highest BCUT2D eigenvalue weighted by atomic mass is 16.4. The highest BCUT2D eigenvalue weighted by Gasteiger charge is 2.70. The summed E-state index contributed by atoms with van der Waals surface area (Å²) in [6, 6.07) is 2.29. The third-order valence-corrected chi connectivity index (χ3v) is 13.2. The van der Waals surface area contributed by atoms with Gasteiger partial charge in [0, 0.05) is 11.3 Å². The third-order valence-electron chi connectivity index (χ3n) is 13.2. The Morgan fingerprint density at radius 3 is 2.38 bits per heavy atom. The van der Waals surface area contributed by atoms with Gasteiger partial charge in [-0.1, -0.05) is 54.0 Å². The fourth-order valence-electron chi connectivity index (χ4n) is 10.9. The summed E-state index contributed by atoms with van der Waals surface area (Å²) in [6.07, 6.45) is 8.11. The van der Waals surface area contributed by atoms with Crippen LogP contribution < -0.4 is 0 Å². The van der Waals surface area contributed by atoms with E-state index in [1.165, 1.54) is 5.57 Å². The van der Waals surface area contributed by atoms with Gasteiger partial charge in [0.05, 0.1) is 18.1 Å². The fourth-order valence-corrected chi connectivity index (χ4v) is 10.9. The summed E-state index contributed by atoms with van der Waals surface area (Å²) >= 11 is 0. The highest BCUT2D eigenvalue weighted by molar-refractivity contribution is 5.95. The smallest absolute Gasteiger partial charge is 0.303 e. The molecule has 0 amide bonds. The summed E-state index contributed by atoms with van der Waals surface area (Å²) in [6.45, 7) is 15.6. The number of nitriles is 1. The molecule has 5 heteroatoms. The maximum atomic E-state index is 14.4. The molecule has 202 valence electrons. The molecule has 0 radical (unpaired) electrons. The number of aliphatic carboxylic acids is 1. The van der Waals surface area contributed by atoms with E-state index in [-0.39, 0.29) is 57.4 Å². The number of rotatable bonds is 2. The van der Waals surface area contributed by atoms with Gasteiger partial charge in [0.2, 0.25) is 0 Å². The van der Waals surface area contributed by atoms with E-state index in [0.29, 0.717) is 23.8 Å². The van der Waals surface area contributed by atoms with Crippen LogP contribution in [0.15, 0.2) is 23.0 Å². The first-order valence-corrected chi connectivity index (χ1v) is 14.4. The zero-order chi connectivity index (χ0) is 27.3. The van der Waals surface area contributed by atoms with Crippen LogP contribution in [0, 0.1) is 68.0 Å². The van der Waals surface area contributed by atoms with Gasteiger partial charge in [-0.15, -0.1) is 0 Å². The lowest BCUT2D eigenvalue weighted by atomic mass is 9.33. The van der Waals surface area contributed by atoms with Gasteiger partial charge >= 0.3 is 5.97 Å². The lowest BCUT2D eigenvalue weighted by Gasteiger charge is -2.70. The monoisotopic (exact) mass is 507 g/mol. The second-order valence-electron chi connectivity index (χ2n) is 14.9. The minimum atomic E-state index is -0.742. The molecular formula is C32H45NO4. The number of aliphatic hydroxyl groups excluding tert-OH is 1. The third kappa shape index (κ3) is 3.20. The number of carboxylic acids is 1. The van der Waals surface area contributed by atoms with E-state index in [1.54, 1.807) is 0 Å². The Labute approximate surface area is 222 Å². The second-order valence-corrected chi connectivity index (χ2v) is 14.9. The number of hydrogen-bond acceptors (Lipinski definition) is 4. The van der Waals surface area contributed by atoms with Crippen LogP contribution in [-0.4, -0.2) is 22.0 Å². The van der Waals surface area contributed by atoms with E-state index in [0.717, 1.165) is 38.5 Å². The Balaban J connectivity index is 1.68. The van der Waals surface area contributed by atoms with Crippen molar-refractivity contribution >= 4 is 11.8 Å². The van der Waals surface area contributed by atoms with E-state index in [2.05, 4.69) is 40.7 Å². The SMILES string of the molecule is C[C@@H]1[C@H]2[C@H]3C(=O)C=C4[C@@]5(C)CC(C#N)=C(O)C(C)(C)[C@@H]5CC[C@@]4(C)[C@]3(C)CC[C@@]2(CC(=O)O)CC[C@H]1C. The first-order chi connectivity index (χ1) is 17.1. The normalized spacial score (nSPS) is 48.5. The van der Waals surface area contributed by atoms with Crippen molar-refractivity contribution in [2.45, 2.75) is 99.8 Å². The quantitative estimate of drug-likeness (QED) is 0.410. The number of nitrogens with zero attached hydrogens (tertiary/aromatic N) is 1. The van der Waals surface area contributed by atoms with Crippen molar-refractivity contribution in [2.24, 2.45) is 56.7 Å². The van der Waals surface area contributed by atoms with Crippen molar-refractivity contribution in [3.8, 4) is 6.07 Å². The predicted molar refractivity (Wildman–Crippen MR) is 142 cm³/mol. The topological polar surface area (TPSA) is 98.4 Å². The molecule has 0 aromatic carbocycles. The van der Waals surface area contributed by atoms with Crippen molar-refractivity contribution in [3.63, 3.8) is 0 Å². The number of fused-ring (bicyclic) bond motifs is 7. The largest absolute Gasteiger partial charge is 0.511 e. The van der Waals surface area contributed by atoms with Crippen LogP contribution in [0.2, 0.25) is 0 Å². The zero-order valence-corrected chi connectivity index (χ0v) is 23.8. The number of ketones is 1. The average Bonchev–Trinajstić information content (AvgIpc) is 2.81. The maximum Gasteiger partial charge on any atom is 0.303 e. The number of carboxylic acid groups (broad SMARTS) is 1. The lowest BCUT2D eigenvalue weighted by Crippen LogP contribution is -2.65. The van der Waals surface area contributed by atoms with Gasteiger partial charge in [0.1, 0.15) is 5.76 Å². The van der Waals surface area contributed by atoms with Crippen LogP contribution in [0.5, 0.6) is 0 Å². The highest BCUT2D eigenvalue weighted by Crippen LogP contribution is 2.75. The Kier molecular flexibility index (Phi) is 5.71. The molecular weight excluding hydrogens is 462 g/mol. The van der Waals surface area contributed by atoms with Crippen LogP contribution in [-0.2, 0) is 9.59 Å². The van der Waals surface area contributed by atoms with Gasteiger partial charge in [-0.25, -0.2) is 0 Å². The fraction of sp³-hybridized carbons (Fsp3) is 0.781. The summed E-state index contributed by atoms with van der Waals surface area (Å²) in [4.78, 5) is 26.5. The van der Waals surface area contributed by atoms with Crippen molar-refractivity contribution in [1.82, 2.24) is 0 Å². The number of hydrogen-bond donors (Lipinski definition) is 2. The summed E-state index contributed by atoms with van der Waals surface area (Å²) in [5.41, 5.74) is -0.0643.